The van der Waals surface area contributed by atoms with E-state index in [0.29, 0.717) is 0 Å². The second-order valence-electron chi connectivity index (χ2n) is 6.37. The third-order valence-corrected chi connectivity index (χ3v) is 4.60. The highest BCUT2D eigenvalue weighted by Crippen LogP contribution is 2.23. The van der Waals surface area contributed by atoms with E-state index in [1.54, 1.807) is 0 Å². The molecule has 2 amide bonds. The summed E-state index contributed by atoms with van der Waals surface area (Å²) in [5, 5.41) is 3.22. The molecular weight excluding hydrogens is 284 g/mol. The van der Waals surface area contributed by atoms with Gasteiger partial charge in [-0.25, -0.2) is 4.79 Å². The Morgan fingerprint density at radius 1 is 0.957 bits per heavy atom. The van der Waals surface area contributed by atoms with Crippen molar-refractivity contribution in [2.75, 3.05) is 13.1 Å². The normalized spacial score (nSPS) is 15.7. The Morgan fingerprint density at radius 3 is 1.91 bits per heavy atom. The Morgan fingerprint density at radius 2 is 1.43 bits per heavy atom. The number of likely N-dealkylation sites (tertiary alicyclic amines) is 1. The molecule has 0 bridgehead atoms. The Balaban J connectivity index is 1.78. The van der Waals surface area contributed by atoms with E-state index >= 15 is 0 Å². The number of hydrogen-bond acceptors (Lipinski definition) is 1. The van der Waals surface area contributed by atoms with E-state index in [4.69, 9.17) is 0 Å². The molecule has 0 saturated carbocycles. The molecular formula is C20H24N2O. The third kappa shape index (κ3) is 3.92. The van der Waals surface area contributed by atoms with Crippen molar-refractivity contribution in [1.29, 1.82) is 0 Å². The van der Waals surface area contributed by atoms with Gasteiger partial charge in [0.1, 0.15) is 0 Å². The van der Waals surface area contributed by atoms with Crippen LogP contribution in [0.1, 0.15) is 36.9 Å². The Labute approximate surface area is 138 Å². The third-order valence-electron chi connectivity index (χ3n) is 4.60. The van der Waals surface area contributed by atoms with E-state index in [-0.39, 0.29) is 12.1 Å². The Kier molecular flexibility index (Phi) is 4.96. The van der Waals surface area contributed by atoms with Gasteiger partial charge in [-0.3, -0.25) is 0 Å². The van der Waals surface area contributed by atoms with Crippen molar-refractivity contribution in [3.63, 3.8) is 0 Å². The number of carbonyl (C=O) groups excluding carboxylic acids is 1. The molecule has 0 atom stereocenters. The summed E-state index contributed by atoms with van der Waals surface area (Å²) in [5.41, 5.74) is 2.22. The van der Waals surface area contributed by atoms with Gasteiger partial charge < -0.3 is 10.2 Å². The molecule has 0 spiro atoms. The van der Waals surface area contributed by atoms with Gasteiger partial charge in [-0.15, -0.1) is 0 Å². The summed E-state index contributed by atoms with van der Waals surface area (Å²) in [7, 11) is 0. The Bertz CT molecular complexity index is 579. The summed E-state index contributed by atoms with van der Waals surface area (Å²) in [6.07, 6.45) is 2.18. The van der Waals surface area contributed by atoms with Crippen molar-refractivity contribution in [3.8, 4) is 0 Å². The zero-order valence-electron chi connectivity index (χ0n) is 13.6. The number of rotatable bonds is 3. The first-order chi connectivity index (χ1) is 11.2. The highest BCUT2D eigenvalue weighted by molar-refractivity contribution is 5.75. The summed E-state index contributed by atoms with van der Waals surface area (Å²) in [6.45, 7) is 3.96. The van der Waals surface area contributed by atoms with E-state index in [0.717, 1.165) is 43.0 Å². The molecule has 3 rings (SSSR count). The average Bonchev–Trinajstić information content (AvgIpc) is 2.61. The van der Waals surface area contributed by atoms with Crippen LogP contribution in [0.25, 0.3) is 0 Å². The molecule has 1 aliphatic heterocycles. The fourth-order valence-electron chi connectivity index (χ4n) is 3.08. The lowest BCUT2D eigenvalue weighted by Gasteiger charge is -2.32. The van der Waals surface area contributed by atoms with Crippen molar-refractivity contribution in [3.05, 3.63) is 71.8 Å². The molecule has 3 heteroatoms. The molecule has 1 aliphatic rings. The number of urea groups is 1. The summed E-state index contributed by atoms with van der Waals surface area (Å²) in [5.74, 6) is 0.720. The van der Waals surface area contributed by atoms with Gasteiger partial charge in [0.15, 0.2) is 0 Å². The summed E-state index contributed by atoms with van der Waals surface area (Å²) in [6, 6.07) is 20.2. The summed E-state index contributed by atoms with van der Waals surface area (Å²) in [4.78, 5) is 14.6. The first-order valence-corrected chi connectivity index (χ1v) is 8.39. The van der Waals surface area contributed by atoms with Crippen molar-refractivity contribution >= 4 is 6.03 Å². The molecule has 2 aromatic rings. The van der Waals surface area contributed by atoms with Gasteiger partial charge in [-0.05, 0) is 29.9 Å². The number of carbonyl (C=O) groups is 1. The molecule has 0 radical (unpaired) electrons. The maximum absolute atomic E-state index is 12.7. The zero-order chi connectivity index (χ0) is 16.1. The standard InChI is InChI=1S/C20H24N2O/c1-16-12-14-22(15-13-16)20(23)21-19(17-8-4-2-5-9-17)18-10-6-3-7-11-18/h2-11,16,19H,12-15H2,1H3,(H,21,23). The first-order valence-electron chi connectivity index (χ1n) is 8.39. The van der Waals surface area contributed by atoms with Crippen LogP contribution in [-0.2, 0) is 0 Å². The zero-order valence-corrected chi connectivity index (χ0v) is 13.6. The average molecular weight is 308 g/mol. The SMILES string of the molecule is CC1CCN(C(=O)NC(c2ccccc2)c2ccccc2)CC1. The van der Waals surface area contributed by atoms with Crippen LogP contribution in [0.2, 0.25) is 0 Å². The van der Waals surface area contributed by atoms with Crippen LogP contribution < -0.4 is 5.32 Å². The number of hydrogen-bond donors (Lipinski definition) is 1. The fraction of sp³-hybridized carbons (Fsp3) is 0.350. The largest absolute Gasteiger partial charge is 0.327 e. The van der Waals surface area contributed by atoms with Gasteiger partial charge in [-0.1, -0.05) is 67.6 Å². The monoisotopic (exact) mass is 308 g/mol. The van der Waals surface area contributed by atoms with E-state index in [1.165, 1.54) is 0 Å². The molecule has 0 aliphatic carbocycles. The number of piperidine rings is 1. The second kappa shape index (κ2) is 7.32. The van der Waals surface area contributed by atoms with E-state index in [1.807, 2.05) is 41.3 Å². The lowest BCUT2D eigenvalue weighted by Crippen LogP contribution is -2.45. The second-order valence-corrected chi connectivity index (χ2v) is 6.37. The number of benzene rings is 2. The van der Waals surface area contributed by atoms with Crippen molar-refractivity contribution in [2.45, 2.75) is 25.8 Å². The van der Waals surface area contributed by atoms with Crippen LogP contribution in [0.15, 0.2) is 60.7 Å². The van der Waals surface area contributed by atoms with Crippen LogP contribution in [0, 0.1) is 5.92 Å². The number of nitrogens with one attached hydrogen (secondary N) is 1. The molecule has 1 heterocycles. The molecule has 1 N–H and O–H groups in total. The van der Waals surface area contributed by atoms with Gasteiger partial charge in [0, 0.05) is 13.1 Å². The fourth-order valence-corrected chi connectivity index (χ4v) is 3.08. The smallest absolute Gasteiger partial charge is 0.318 e. The summed E-state index contributed by atoms with van der Waals surface area (Å²) < 4.78 is 0. The van der Waals surface area contributed by atoms with Crippen LogP contribution in [0.5, 0.6) is 0 Å². The van der Waals surface area contributed by atoms with E-state index in [2.05, 4.69) is 36.5 Å². The van der Waals surface area contributed by atoms with Gasteiger partial charge in [-0.2, -0.15) is 0 Å². The van der Waals surface area contributed by atoms with Crippen molar-refractivity contribution in [2.24, 2.45) is 5.92 Å². The van der Waals surface area contributed by atoms with E-state index in [9.17, 15) is 4.79 Å². The number of amides is 2. The van der Waals surface area contributed by atoms with Gasteiger partial charge >= 0.3 is 6.03 Å². The quantitative estimate of drug-likeness (QED) is 0.904. The lowest BCUT2D eigenvalue weighted by molar-refractivity contribution is 0.172. The van der Waals surface area contributed by atoms with Crippen molar-refractivity contribution < 1.29 is 4.79 Å². The molecule has 3 nitrogen and oxygen atoms in total. The van der Waals surface area contributed by atoms with Gasteiger partial charge in [0.2, 0.25) is 0 Å². The van der Waals surface area contributed by atoms with Gasteiger partial charge in [0.05, 0.1) is 6.04 Å². The Hall–Kier alpha value is -2.29. The van der Waals surface area contributed by atoms with E-state index < -0.39 is 0 Å². The van der Waals surface area contributed by atoms with Crippen molar-refractivity contribution in [1.82, 2.24) is 10.2 Å². The van der Waals surface area contributed by atoms with Crippen LogP contribution >= 0.6 is 0 Å². The molecule has 1 saturated heterocycles. The maximum Gasteiger partial charge on any atom is 0.318 e. The maximum atomic E-state index is 12.7. The topological polar surface area (TPSA) is 32.3 Å². The molecule has 23 heavy (non-hydrogen) atoms. The first kappa shape index (κ1) is 15.6. The highest BCUT2D eigenvalue weighted by Gasteiger charge is 2.23. The molecule has 0 unspecified atom stereocenters. The van der Waals surface area contributed by atoms with Crippen LogP contribution in [-0.4, -0.2) is 24.0 Å². The molecule has 2 aromatic carbocycles. The minimum absolute atomic E-state index is 0.0367. The minimum Gasteiger partial charge on any atom is -0.327 e. The summed E-state index contributed by atoms with van der Waals surface area (Å²) >= 11 is 0. The predicted octanol–water partition coefficient (Wildman–Crippen LogP) is 4.22. The molecule has 1 fully saturated rings. The molecule has 120 valence electrons. The van der Waals surface area contributed by atoms with Crippen LogP contribution in [0.3, 0.4) is 0 Å². The van der Waals surface area contributed by atoms with Gasteiger partial charge in [0.25, 0.3) is 0 Å². The predicted molar refractivity (Wildman–Crippen MR) is 93.2 cm³/mol. The molecule has 0 aromatic heterocycles. The number of nitrogens with zero attached hydrogens (tertiary/aromatic N) is 1. The van der Waals surface area contributed by atoms with Crippen LogP contribution in [0.4, 0.5) is 4.79 Å². The minimum atomic E-state index is -0.107. The highest BCUT2D eigenvalue weighted by atomic mass is 16.2. The lowest BCUT2D eigenvalue weighted by atomic mass is 9.98.